The molecule has 2 aromatic heterocycles. The third kappa shape index (κ3) is 7.88. The molecule has 15 heteroatoms. The summed E-state index contributed by atoms with van der Waals surface area (Å²) in [6.45, 7) is 8.06. The number of para-hydroxylation sites is 2. The van der Waals surface area contributed by atoms with Crippen LogP contribution in [0.2, 0.25) is 0 Å². The molecule has 4 aromatic rings. The summed E-state index contributed by atoms with van der Waals surface area (Å²) in [5, 5.41) is 11.9. The largest absolute Gasteiger partial charge is 0.444 e. The Kier molecular flexibility index (Phi) is 10.5. The molecule has 6 rings (SSSR count). The molecule has 252 valence electrons. The third-order valence-electron chi connectivity index (χ3n) is 7.92. The lowest BCUT2D eigenvalue weighted by atomic mass is 9.91. The summed E-state index contributed by atoms with van der Waals surface area (Å²) in [5.74, 6) is 0.115. The minimum absolute atomic E-state index is 0. The summed E-state index contributed by atoms with van der Waals surface area (Å²) in [5.41, 5.74) is -1.34. The van der Waals surface area contributed by atoms with Gasteiger partial charge in [-0.25, -0.2) is 4.79 Å². The summed E-state index contributed by atoms with van der Waals surface area (Å²) >= 11 is 0. The number of alkyl halides is 6. The Labute approximate surface area is 267 Å². The van der Waals surface area contributed by atoms with Crippen LogP contribution in [0.3, 0.4) is 0 Å². The number of halogens is 7. The van der Waals surface area contributed by atoms with E-state index in [9.17, 15) is 31.1 Å². The quantitative estimate of drug-likeness (QED) is 0.212. The number of hydrogen-bond donors (Lipinski definition) is 1. The highest BCUT2D eigenvalue weighted by Crippen LogP contribution is 2.40. The van der Waals surface area contributed by atoms with Crippen LogP contribution < -0.4 is 5.32 Å². The molecular weight excluding hydrogens is 642 g/mol. The molecule has 2 aliphatic heterocycles. The molecule has 46 heavy (non-hydrogen) atoms. The van der Waals surface area contributed by atoms with Crippen molar-refractivity contribution >= 4 is 40.4 Å². The maximum atomic E-state index is 13.1. The van der Waals surface area contributed by atoms with Crippen molar-refractivity contribution in [2.75, 3.05) is 26.2 Å². The van der Waals surface area contributed by atoms with Crippen LogP contribution >= 0.6 is 12.4 Å². The Morgan fingerprint density at radius 3 is 1.63 bits per heavy atom. The lowest BCUT2D eigenvalue weighted by Gasteiger charge is -2.32. The number of likely N-dealkylation sites (tertiary alicyclic amines) is 1. The fourth-order valence-corrected chi connectivity index (χ4v) is 5.75. The molecule has 0 saturated carbocycles. The summed E-state index contributed by atoms with van der Waals surface area (Å²) in [6, 6.07) is 8.03. The van der Waals surface area contributed by atoms with Crippen molar-refractivity contribution in [1.82, 2.24) is 20.5 Å². The SMILES string of the molecule is CC(C)(C)OC(=O)N1CCC(c2noc3c(C(F)(F)F)cccc23)CC1.Cl.FC(F)(F)c1cccc2c(C3CCNCC3)noc12. The Balaban J connectivity index is 0.000000213. The molecule has 1 amide bonds. The van der Waals surface area contributed by atoms with Crippen molar-refractivity contribution in [2.45, 2.75) is 76.2 Å². The Morgan fingerprint density at radius 2 is 1.22 bits per heavy atom. The molecule has 0 radical (unpaired) electrons. The average Bonchev–Trinajstić information content (AvgIpc) is 3.61. The van der Waals surface area contributed by atoms with Crippen LogP contribution in [0.1, 0.15) is 80.8 Å². The van der Waals surface area contributed by atoms with E-state index in [0.29, 0.717) is 48.1 Å². The van der Waals surface area contributed by atoms with E-state index in [2.05, 4.69) is 15.6 Å². The maximum Gasteiger partial charge on any atom is 0.420 e. The zero-order valence-electron chi connectivity index (χ0n) is 25.4. The predicted octanol–water partition coefficient (Wildman–Crippen LogP) is 8.70. The molecule has 8 nitrogen and oxygen atoms in total. The molecule has 0 bridgehead atoms. The van der Waals surface area contributed by atoms with Gasteiger partial charge in [0.2, 0.25) is 0 Å². The van der Waals surface area contributed by atoms with E-state index < -0.39 is 29.1 Å². The molecule has 2 fully saturated rings. The van der Waals surface area contributed by atoms with Crippen LogP contribution in [0.5, 0.6) is 0 Å². The van der Waals surface area contributed by atoms with E-state index >= 15 is 0 Å². The molecule has 0 atom stereocenters. The van der Waals surface area contributed by atoms with Crippen molar-refractivity contribution < 1.29 is 44.9 Å². The Hall–Kier alpha value is -3.52. The first kappa shape index (κ1) is 35.3. The Morgan fingerprint density at radius 1 is 0.783 bits per heavy atom. The second-order valence-corrected chi connectivity index (χ2v) is 12.3. The normalized spacial score (nSPS) is 17.0. The number of piperidine rings is 2. The standard InChI is InChI=1S/C18H21F3N2O3.C13H13F3N2O.ClH/c1-17(2,3)25-16(24)23-9-7-11(8-10-23)14-12-5-4-6-13(18(19,20)21)15(12)26-22-14;14-13(15,16)10-3-1-2-9-11(18-19-12(9)10)8-4-6-17-7-5-8;/h4-6,11H,7-10H2,1-3H3;1-3,8,17H,4-7H2;1H. The highest BCUT2D eigenvalue weighted by Gasteiger charge is 2.37. The van der Waals surface area contributed by atoms with Gasteiger partial charge in [0.15, 0.2) is 11.2 Å². The van der Waals surface area contributed by atoms with Gasteiger partial charge in [-0.05, 0) is 83.8 Å². The summed E-state index contributed by atoms with van der Waals surface area (Å²) < 4.78 is 93.3. The number of aromatic nitrogens is 2. The third-order valence-corrected chi connectivity index (χ3v) is 7.92. The monoisotopic (exact) mass is 676 g/mol. The predicted molar refractivity (Wildman–Crippen MR) is 160 cm³/mol. The molecule has 2 aromatic carbocycles. The lowest BCUT2D eigenvalue weighted by Crippen LogP contribution is -2.41. The number of ether oxygens (including phenoxy) is 1. The van der Waals surface area contributed by atoms with E-state index in [4.69, 9.17) is 13.8 Å². The first-order valence-electron chi connectivity index (χ1n) is 14.7. The van der Waals surface area contributed by atoms with Gasteiger partial charge in [0.1, 0.15) is 16.7 Å². The van der Waals surface area contributed by atoms with Crippen LogP contribution in [-0.4, -0.2) is 53.1 Å². The van der Waals surface area contributed by atoms with Gasteiger partial charge in [0.05, 0.1) is 11.4 Å². The number of amides is 1. The van der Waals surface area contributed by atoms with E-state index in [1.807, 2.05) is 0 Å². The number of fused-ring (bicyclic) bond motifs is 2. The summed E-state index contributed by atoms with van der Waals surface area (Å²) in [6.07, 6.45) is -6.34. The highest BCUT2D eigenvalue weighted by molar-refractivity contribution is 5.85. The van der Waals surface area contributed by atoms with Crippen LogP contribution in [0.25, 0.3) is 21.9 Å². The van der Waals surface area contributed by atoms with Gasteiger partial charge in [-0.15, -0.1) is 12.4 Å². The minimum atomic E-state index is -4.49. The van der Waals surface area contributed by atoms with Crippen molar-refractivity contribution in [1.29, 1.82) is 0 Å². The number of nitrogens with zero attached hydrogens (tertiary/aromatic N) is 3. The van der Waals surface area contributed by atoms with E-state index in [1.54, 1.807) is 37.8 Å². The second kappa shape index (κ2) is 13.7. The van der Waals surface area contributed by atoms with Crippen LogP contribution in [0.4, 0.5) is 31.1 Å². The zero-order valence-corrected chi connectivity index (χ0v) is 26.2. The number of benzene rings is 2. The molecule has 4 heterocycles. The van der Waals surface area contributed by atoms with Gasteiger partial charge in [0, 0.05) is 35.7 Å². The number of hydrogen-bond acceptors (Lipinski definition) is 7. The smallest absolute Gasteiger partial charge is 0.420 e. The first-order chi connectivity index (χ1) is 21.1. The fraction of sp³-hybridized carbons (Fsp3) is 0.516. The van der Waals surface area contributed by atoms with Crippen molar-refractivity contribution in [3.05, 3.63) is 58.9 Å². The molecule has 1 N–H and O–H groups in total. The number of carbonyl (C=O) groups is 1. The number of rotatable bonds is 2. The van der Waals surface area contributed by atoms with Crippen LogP contribution in [-0.2, 0) is 17.1 Å². The van der Waals surface area contributed by atoms with Crippen molar-refractivity contribution in [3.8, 4) is 0 Å². The highest BCUT2D eigenvalue weighted by atomic mass is 35.5. The summed E-state index contributed by atoms with van der Waals surface area (Å²) in [4.78, 5) is 13.7. The molecule has 2 aliphatic rings. The van der Waals surface area contributed by atoms with E-state index in [1.165, 1.54) is 12.1 Å². The van der Waals surface area contributed by atoms with E-state index in [0.717, 1.165) is 38.1 Å². The van der Waals surface area contributed by atoms with Gasteiger partial charge in [-0.3, -0.25) is 0 Å². The average molecular weight is 677 g/mol. The van der Waals surface area contributed by atoms with Crippen molar-refractivity contribution in [3.63, 3.8) is 0 Å². The zero-order chi connectivity index (χ0) is 32.6. The van der Waals surface area contributed by atoms with E-state index in [-0.39, 0.29) is 41.5 Å². The second-order valence-electron chi connectivity index (χ2n) is 12.3. The first-order valence-corrected chi connectivity index (χ1v) is 14.7. The molecule has 0 aliphatic carbocycles. The van der Waals surface area contributed by atoms with Gasteiger partial charge >= 0.3 is 18.4 Å². The van der Waals surface area contributed by atoms with Crippen LogP contribution in [0, 0.1) is 0 Å². The maximum absolute atomic E-state index is 13.1. The molecule has 0 unspecified atom stereocenters. The van der Waals surface area contributed by atoms with Crippen molar-refractivity contribution in [2.24, 2.45) is 0 Å². The van der Waals surface area contributed by atoms with Gasteiger partial charge in [-0.1, -0.05) is 22.4 Å². The Bertz CT molecular complexity index is 1630. The fourth-order valence-electron chi connectivity index (χ4n) is 5.75. The van der Waals surface area contributed by atoms with Gasteiger partial charge < -0.3 is 24.0 Å². The van der Waals surface area contributed by atoms with Gasteiger partial charge in [0.25, 0.3) is 0 Å². The van der Waals surface area contributed by atoms with Gasteiger partial charge in [-0.2, -0.15) is 26.3 Å². The number of carbonyl (C=O) groups excluding carboxylic acids is 1. The number of nitrogens with one attached hydrogen (secondary N) is 1. The molecule has 0 spiro atoms. The van der Waals surface area contributed by atoms with Crippen LogP contribution in [0.15, 0.2) is 45.4 Å². The summed E-state index contributed by atoms with van der Waals surface area (Å²) in [7, 11) is 0. The molecule has 2 saturated heterocycles. The minimum Gasteiger partial charge on any atom is -0.444 e. The molecular formula is C31H35ClF6N4O4. The topological polar surface area (TPSA) is 93.6 Å². The lowest BCUT2D eigenvalue weighted by molar-refractivity contribution is -0.137.